The van der Waals surface area contributed by atoms with Crippen molar-refractivity contribution in [2.24, 2.45) is 5.92 Å². The topological polar surface area (TPSA) is 129 Å². The summed E-state index contributed by atoms with van der Waals surface area (Å²) in [7, 11) is -3.77. The van der Waals surface area contributed by atoms with Gasteiger partial charge in [-0.2, -0.15) is 4.31 Å². The van der Waals surface area contributed by atoms with Gasteiger partial charge in [0.25, 0.3) is 0 Å². The van der Waals surface area contributed by atoms with Gasteiger partial charge in [-0.25, -0.2) is 13.1 Å². The van der Waals surface area contributed by atoms with Gasteiger partial charge in [0.05, 0.1) is 35.4 Å². The van der Waals surface area contributed by atoms with Crippen LogP contribution in [0.15, 0.2) is 53.7 Å². The predicted molar refractivity (Wildman–Crippen MR) is 128 cm³/mol. The third-order valence-electron chi connectivity index (χ3n) is 5.66. The van der Waals surface area contributed by atoms with Crippen LogP contribution in [0.25, 0.3) is 5.69 Å². The Labute approximate surface area is 204 Å². The van der Waals surface area contributed by atoms with Crippen molar-refractivity contribution in [2.45, 2.75) is 31.6 Å². The van der Waals surface area contributed by atoms with E-state index in [1.165, 1.54) is 27.4 Å². The lowest BCUT2D eigenvalue weighted by atomic mass is 9.98. The summed E-state index contributed by atoms with van der Waals surface area (Å²) >= 11 is 0. The Hall–Kier alpha value is -3.51. The highest BCUT2D eigenvalue weighted by atomic mass is 32.2. The summed E-state index contributed by atoms with van der Waals surface area (Å²) in [4.78, 5) is 13.3. The molecule has 3 aromatic rings. The van der Waals surface area contributed by atoms with E-state index in [9.17, 15) is 13.2 Å². The van der Waals surface area contributed by atoms with E-state index in [0.29, 0.717) is 55.5 Å². The Kier molecular flexibility index (Phi) is 7.61. The van der Waals surface area contributed by atoms with Gasteiger partial charge in [0, 0.05) is 19.2 Å². The van der Waals surface area contributed by atoms with Crippen LogP contribution in [0.5, 0.6) is 11.5 Å². The second-order valence-electron chi connectivity index (χ2n) is 7.96. The lowest BCUT2D eigenvalue weighted by molar-refractivity contribution is -0.120. The Bertz CT molecular complexity index is 1250. The molecule has 1 saturated heterocycles. The van der Waals surface area contributed by atoms with Gasteiger partial charge in [0.1, 0.15) is 17.8 Å². The molecular weight excluding hydrogens is 472 g/mol. The molecule has 11 nitrogen and oxygen atoms in total. The maximum atomic E-state index is 13.3. The second kappa shape index (κ2) is 10.8. The van der Waals surface area contributed by atoms with E-state index < -0.39 is 15.9 Å². The fraction of sp³-hybridized carbons (Fsp3) is 0.391. The Balaban J connectivity index is 1.47. The highest BCUT2D eigenvalue weighted by molar-refractivity contribution is 7.89. The van der Waals surface area contributed by atoms with Crippen molar-refractivity contribution < 1.29 is 22.7 Å². The number of carbonyl (C=O) groups is 1. The number of amides is 1. The number of rotatable bonds is 9. The van der Waals surface area contributed by atoms with Gasteiger partial charge in [-0.1, -0.05) is 0 Å². The van der Waals surface area contributed by atoms with Crippen LogP contribution in [0.1, 0.15) is 26.7 Å². The number of hydrogen-bond acceptors (Lipinski definition) is 8. The lowest BCUT2D eigenvalue weighted by Crippen LogP contribution is -2.43. The molecule has 1 aliphatic heterocycles. The number of anilines is 1. The first kappa shape index (κ1) is 24.6. The van der Waals surface area contributed by atoms with E-state index in [0.717, 1.165) is 0 Å². The van der Waals surface area contributed by atoms with E-state index in [2.05, 4.69) is 20.8 Å². The van der Waals surface area contributed by atoms with Crippen LogP contribution in [0.3, 0.4) is 0 Å². The molecule has 0 saturated carbocycles. The summed E-state index contributed by atoms with van der Waals surface area (Å²) in [6.45, 7) is 5.13. The minimum atomic E-state index is -3.77. The zero-order valence-corrected chi connectivity index (χ0v) is 20.4. The summed E-state index contributed by atoms with van der Waals surface area (Å²) < 4.78 is 40.5. The maximum absolute atomic E-state index is 13.3. The highest BCUT2D eigenvalue weighted by Crippen LogP contribution is 2.31. The van der Waals surface area contributed by atoms with Gasteiger partial charge in [-0.15, -0.1) is 5.10 Å². The molecule has 1 aromatic heterocycles. The third-order valence-corrected chi connectivity index (χ3v) is 7.54. The average molecular weight is 501 g/mol. The van der Waals surface area contributed by atoms with Gasteiger partial charge in [-0.05, 0) is 73.5 Å². The molecule has 2 aromatic carbocycles. The second-order valence-corrected chi connectivity index (χ2v) is 9.90. The van der Waals surface area contributed by atoms with Crippen molar-refractivity contribution in [1.29, 1.82) is 0 Å². The molecule has 0 spiro atoms. The van der Waals surface area contributed by atoms with Gasteiger partial charge in [0.15, 0.2) is 0 Å². The summed E-state index contributed by atoms with van der Waals surface area (Å²) in [5.41, 5.74) is 1.14. The molecular formula is C23H28N6O5S. The maximum Gasteiger partial charge on any atom is 0.243 e. The molecule has 1 aliphatic rings. The zero-order chi connectivity index (χ0) is 24.8. The van der Waals surface area contributed by atoms with Crippen molar-refractivity contribution in [3.63, 3.8) is 0 Å². The van der Waals surface area contributed by atoms with Crippen LogP contribution < -0.4 is 14.8 Å². The van der Waals surface area contributed by atoms with E-state index in [-0.39, 0.29) is 17.3 Å². The summed E-state index contributed by atoms with van der Waals surface area (Å²) in [5.74, 6) is 0.397. The first-order valence-corrected chi connectivity index (χ1v) is 12.9. The van der Waals surface area contributed by atoms with Crippen LogP contribution in [-0.4, -0.2) is 65.1 Å². The molecule has 1 fully saturated rings. The number of nitrogens with one attached hydrogen (secondary N) is 1. The third kappa shape index (κ3) is 5.60. The smallest absolute Gasteiger partial charge is 0.243 e. The number of sulfonamides is 1. The van der Waals surface area contributed by atoms with Crippen LogP contribution in [0.2, 0.25) is 0 Å². The molecule has 1 amide bonds. The minimum Gasteiger partial charge on any atom is -0.494 e. The molecule has 0 bridgehead atoms. The predicted octanol–water partition coefficient (Wildman–Crippen LogP) is 2.50. The average Bonchev–Trinajstić information content (AvgIpc) is 3.41. The van der Waals surface area contributed by atoms with Crippen LogP contribution in [0.4, 0.5) is 5.69 Å². The molecule has 35 heavy (non-hydrogen) atoms. The SMILES string of the molecule is CCOc1ccc(OCC)c(NC(=O)C2CCCN(S(=O)(=O)c3ccc(-n4cnnn4)cc3)C2)c1. The number of nitrogens with zero attached hydrogens (tertiary/aromatic N) is 5. The van der Waals surface area contributed by atoms with Gasteiger partial charge < -0.3 is 14.8 Å². The van der Waals surface area contributed by atoms with Gasteiger partial charge >= 0.3 is 0 Å². The van der Waals surface area contributed by atoms with Crippen LogP contribution in [-0.2, 0) is 14.8 Å². The van der Waals surface area contributed by atoms with Crippen LogP contribution in [0, 0.1) is 5.92 Å². The standard InChI is InChI=1S/C23H28N6O5S/c1-3-33-19-9-12-22(34-4-2)21(14-19)25-23(30)17-6-5-13-28(15-17)35(31,32)20-10-7-18(8-11-20)29-16-24-26-27-29/h7-12,14,16-17H,3-6,13,15H2,1-2H3,(H,25,30). The van der Waals surface area contributed by atoms with E-state index in [1.807, 2.05) is 13.8 Å². The van der Waals surface area contributed by atoms with Gasteiger partial charge in [0.2, 0.25) is 15.9 Å². The minimum absolute atomic E-state index is 0.0953. The normalized spacial score (nSPS) is 16.6. The van der Waals surface area contributed by atoms with Crippen molar-refractivity contribution >= 4 is 21.6 Å². The monoisotopic (exact) mass is 500 g/mol. The summed E-state index contributed by atoms with van der Waals surface area (Å²) in [6, 6.07) is 11.6. The zero-order valence-electron chi connectivity index (χ0n) is 19.6. The molecule has 0 aliphatic carbocycles. The molecule has 1 atom stereocenters. The molecule has 1 N–H and O–H groups in total. The number of aromatic nitrogens is 4. The number of ether oxygens (including phenoxy) is 2. The van der Waals surface area contributed by atoms with E-state index >= 15 is 0 Å². The number of hydrogen-bond donors (Lipinski definition) is 1. The molecule has 4 rings (SSSR count). The Morgan fingerprint density at radius 3 is 2.57 bits per heavy atom. The molecule has 186 valence electrons. The number of piperidine rings is 1. The van der Waals surface area contributed by atoms with Crippen molar-refractivity contribution in [2.75, 3.05) is 31.6 Å². The fourth-order valence-corrected chi connectivity index (χ4v) is 5.48. The van der Waals surface area contributed by atoms with Gasteiger partial charge in [-0.3, -0.25) is 4.79 Å². The van der Waals surface area contributed by atoms with Crippen LogP contribution >= 0.6 is 0 Å². The van der Waals surface area contributed by atoms with E-state index in [4.69, 9.17) is 9.47 Å². The first-order valence-electron chi connectivity index (χ1n) is 11.5. The summed E-state index contributed by atoms with van der Waals surface area (Å²) in [6.07, 6.45) is 2.60. The number of tetrazole rings is 1. The van der Waals surface area contributed by atoms with Crippen molar-refractivity contribution in [1.82, 2.24) is 24.5 Å². The number of carbonyl (C=O) groups excluding carboxylic acids is 1. The van der Waals surface area contributed by atoms with Crippen molar-refractivity contribution in [3.05, 3.63) is 48.8 Å². The fourth-order valence-electron chi connectivity index (χ4n) is 3.95. The molecule has 1 unspecified atom stereocenters. The summed E-state index contributed by atoms with van der Waals surface area (Å²) in [5, 5.41) is 13.9. The number of benzene rings is 2. The Morgan fingerprint density at radius 1 is 1.11 bits per heavy atom. The molecule has 2 heterocycles. The first-order chi connectivity index (χ1) is 16.9. The molecule has 12 heteroatoms. The highest BCUT2D eigenvalue weighted by Gasteiger charge is 2.33. The Morgan fingerprint density at radius 2 is 1.89 bits per heavy atom. The largest absolute Gasteiger partial charge is 0.494 e. The van der Waals surface area contributed by atoms with Crippen molar-refractivity contribution in [3.8, 4) is 17.2 Å². The quantitative estimate of drug-likeness (QED) is 0.475. The van der Waals surface area contributed by atoms with E-state index in [1.54, 1.807) is 30.3 Å². The molecule has 0 radical (unpaired) electrons. The lowest BCUT2D eigenvalue weighted by Gasteiger charge is -2.31.